The second kappa shape index (κ2) is 7.22. The molecule has 3 nitrogen and oxygen atoms in total. The van der Waals surface area contributed by atoms with Crippen molar-refractivity contribution in [2.75, 3.05) is 19.0 Å². The van der Waals surface area contributed by atoms with Crippen molar-refractivity contribution in [1.82, 2.24) is 4.98 Å². The van der Waals surface area contributed by atoms with E-state index < -0.39 is 6.10 Å². The summed E-state index contributed by atoms with van der Waals surface area (Å²) in [6, 6.07) is 3.80. The number of aromatic nitrogens is 1. The fourth-order valence-corrected chi connectivity index (χ4v) is 2.34. The number of hydrogen-bond acceptors (Lipinski definition) is 4. The van der Waals surface area contributed by atoms with Crippen LogP contribution in [-0.4, -0.2) is 35.2 Å². The summed E-state index contributed by atoms with van der Waals surface area (Å²) in [6.07, 6.45) is 1.30. The van der Waals surface area contributed by atoms with E-state index in [0.29, 0.717) is 19.0 Å². The third-order valence-electron chi connectivity index (χ3n) is 1.65. The summed E-state index contributed by atoms with van der Waals surface area (Å²) in [5.41, 5.74) is 0. The molecule has 0 radical (unpaired) electrons. The van der Waals surface area contributed by atoms with Crippen molar-refractivity contribution in [3.8, 4) is 0 Å². The molecule has 5 heteroatoms. The zero-order valence-electron chi connectivity index (χ0n) is 8.52. The lowest BCUT2D eigenvalue weighted by atomic mass is 10.4. The summed E-state index contributed by atoms with van der Waals surface area (Å²) in [6.45, 7) is 2.93. The number of aliphatic hydroxyl groups excluding tert-OH is 1. The van der Waals surface area contributed by atoms with Crippen molar-refractivity contribution in [3.63, 3.8) is 0 Å². The van der Waals surface area contributed by atoms with Crippen LogP contribution < -0.4 is 0 Å². The predicted octanol–water partition coefficient (Wildman–Crippen LogP) is 2.33. The van der Waals surface area contributed by atoms with Crippen molar-refractivity contribution < 1.29 is 9.84 Å². The molecule has 1 rings (SSSR count). The highest BCUT2D eigenvalue weighted by atomic mass is 79.9. The molecule has 0 bridgehead atoms. The normalized spacial score (nSPS) is 12.7. The average molecular weight is 292 g/mol. The number of ether oxygens (including phenoxy) is 1. The van der Waals surface area contributed by atoms with E-state index in [1.54, 1.807) is 6.20 Å². The van der Waals surface area contributed by atoms with Crippen LogP contribution in [0.15, 0.2) is 27.8 Å². The van der Waals surface area contributed by atoms with Crippen molar-refractivity contribution in [3.05, 3.63) is 22.8 Å². The van der Waals surface area contributed by atoms with E-state index in [0.717, 1.165) is 9.50 Å². The lowest BCUT2D eigenvalue weighted by Crippen LogP contribution is -2.17. The van der Waals surface area contributed by atoms with E-state index in [1.807, 2.05) is 19.1 Å². The van der Waals surface area contributed by atoms with E-state index in [-0.39, 0.29) is 0 Å². The summed E-state index contributed by atoms with van der Waals surface area (Å²) in [5.74, 6) is 0.593. The van der Waals surface area contributed by atoms with E-state index in [2.05, 4.69) is 20.9 Å². The molecule has 84 valence electrons. The van der Waals surface area contributed by atoms with Gasteiger partial charge in [0.1, 0.15) is 5.03 Å². The summed E-state index contributed by atoms with van der Waals surface area (Å²) < 4.78 is 6.08. The van der Waals surface area contributed by atoms with Gasteiger partial charge in [-0.05, 0) is 35.0 Å². The first-order valence-corrected chi connectivity index (χ1v) is 6.51. The minimum atomic E-state index is -0.441. The Morgan fingerprint density at radius 1 is 1.67 bits per heavy atom. The zero-order chi connectivity index (χ0) is 11.1. The van der Waals surface area contributed by atoms with Gasteiger partial charge in [0.2, 0.25) is 0 Å². The van der Waals surface area contributed by atoms with Crippen molar-refractivity contribution in [1.29, 1.82) is 0 Å². The minimum Gasteiger partial charge on any atom is -0.390 e. The first-order valence-electron chi connectivity index (χ1n) is 4.73. The second-order valence-electron chi connectivity index (χ2n) is 2.91. The van der Waals surface area contributed by atoms with Crippen LogP contribution >= 0.6 is 27.7 Å². The van der Waals surface area contributed by atoms with Crippen LogP contribution in [0.4, 0.5) is 0 Å². The Hall–Kier alpha value is -0.100. The Morgan fingerprint density at radius 3 is 3.13 bits per heavy atom. The van der Waals surface area contributed by atoms with Crippen molar-refractivity contribution >= 4 is 27.7 Å². The van der Waals surface area contributed by atoms with Crippen LogP contribution in [0.5, 0.6) is 0 Å². The Bertz CT molecular complexity index is 299. The smallest absolute Gasteiger partial charge is 0.110 e. The van der Waals surface area contributed by atoms with E-state index >= 15 is 0 Å². The zero-order valence-corrected chi connectivity index (χ0v) is 10.9. The van der Waals surface area contributed by atoms with Crippen molar-refractivity contribution in [2.45, 2.75) is 18.1 Å². The molecule has 1 aromatic heterocycles. The van der Waals surface area contributed by atoms with Gasteiger partial charge in [-0.25, -0.2) is 4.98 Å². The number of hydrogen-bond donors (Lipinski definition) is 1. The number of thioether (sulfide) groups is 1. The van der Waals surface area contributed by atoms with Crippen LogP contribution in [-0.2, 0) is 4.74 Å². The molecule has 1 atom stereocenters. The molecule has 0 saturated heterocycles. The maximum atomic E-state index is 9.54. The van der Waals surface area contributed by atoms with Gasteiger partial charge >= 0.3 is 0 Å². The van der Waals surface area contributed by atoms with Crippen LogP contribution in [0.2, 0.25) is 0 Å². The number of pyridine rings is 1. The van der Waals surface area contributed by atoms with E-state index in [1.165, 1.54) is 11.8 Å². The molecule has 0 aliphatic heterocycles. The molecule has 0 spiro atoms. The number of rotatable bonds is 6. The number of aliphatic hydroxyl groups is 1. The molecule has 1 unspecified atom stereocenters. The maximum Gasteiger partial charge on any atom is 0.110 e. The number of nitrogens with zero attached hydrogens (tertiary/aromatic N) is 1. The monoisotopic (exact) mass is 291 g/mol. The number of halogens is 1. The molecular weight excluding hydrogens is 278 g/mol. The van der Waals surface area contributed by atoms with Crippen molar-refractivity contribution in [2.24, 2.45) is 0 Å². The van der Waals surface area contributed by atoms with Gasteiger partial charge in [-0.15, -0.1) is 11.8 Å². The van der Waals surface area contributed by atoms with Gasteiger partial charge in [0, 0.05) is 23.0 Å². The molecule has 0 fully saturated rings. The summed E-state index contributed by atoms with van der Waals surface area (Å²) in [7, 11) is 0. The molecule has 0 aliphatic rings. The lowest BCUT2D eigenvalue weighted by molar-refractivity contribution is 0.0551. The van der Waals surface area contributed by atoms with Gasteiger partial charge in [-0.1, -0.05) is 0 Å². The van der Waals surface area contributed by atoms with Crippen LogP contribution in [0.25, 0.3) is 0 Å². The highest BCUT2D eigenvalue weighted by Crippen LogP contribution is 2.24. The minimum absolute atomic E-state index is 0.383. The lowest BCUT2D eigenvalue weighted by Gasteiger charge is -2.09. The second-order valence-corrected chi connectivity index (χ2v) is 4.78. The fourth-order valence-electron chi connectivity index (χ4n) is 0.955. The summed E-state index contributed by atoms with van der Waals surface area (Å²) in [5, 5.41) is 10.4. The Morgan fingerprint density at radius 2 is 2.47 bits per heavy atom. The molecule has 1 heterocycles. The highest BCUT2D eigenvalue weighted by molar-refractivity contribution is 9.10. The summed E-state index contributed by atoms with van der Waals surface area (Å²) in [4.78, 5) is 4.19. The maximum absolute atomic E-state index is 9.54. The SMILES string of the molecule is CCOCC(O)CSc1ncccc1Br. The van der Waals surface area contributed by atoms with Crippen LogP contribution in [0.1, 0.15) is 6.92 Å². The first-order chi connectivity index (χ1) is 7.24. The van der Waals surface area contributed by atoms with Crippen LogP contribution in [0, 0.1) is 0 Å². The standard InChI is InChI=1S/C10H14BrNO2S/c1-2-14-6-8(13)7-15-10-9(11)4-3-5-12-10/h3-5,8,13H,2,6-7H2,1H3. The molecule has 0 amide bonds. The molecule has 0 aromatic carbocycles. The van der Waals surface area contributed by atoms with Crippen LogP contribution in [0.3, 0.4) is 0 Å². The van der Waals surface area contributed by atoms with Gasteiger partial charge < -0.3 is 9.84 Å². The quantitative estimate of drug-likeness (QED) is 0.817. The van der Waals surface area contributed by atoms with Gasteiger partial charge in [-0.3, -0.25) is 0 Å². The topological polar surface area (TPSA) is 42.4 Å². The predicted molar refractivity (Wildman–Crippen MR) is 65.2 cm³/mol. The summed E-state index contributed by atoms with van der Waals surface area (Å²) >= 11 is 4.92. The molecule has 0 saturated carbocycles. The molecule has 1 aromatic rings. The molecule has 0 aliphatic carbocycles. The third-order valence-corrected chi connectivity index (χ3v) is 3.70. The first kappa shape index (κ1) is 13.0. The average Bonchev–Trinajstić information content (AvgIpc) is 2.25. The largest absolute Gasteiger partial charge is 0.390 e. The highest BCUT2D eigenvalue weighted by Gasteiger charge is 2.07. The Balaban J connectivity index is 2.33. The third kappa shape index (κ3) is 4.97. The van der Waals surface area contributed by atoms with Gasteiger partial charge in [0.25, 0.3) is 0 Å². The van der Waals surface area contributed by atoms with Gasteiger partial charge in [-0.2, -0.15) is 0 Å². The molecular formula is C10H14BrNO2S. The van der Waals surface area contributed by atoms with Gasteiger partial charge in [0.15, 0.2) is 0 Å². The molecule has 15 heavy (non-hydrogen) atoms. The Kier molecular flexibility index (Phi) is 6.24. The Labute approximate surface area is 102 Å². The fraction of sp³-hybridized carbons (Fsp3) is 0.500. The molecule has 1 N–H and O–H groups in total. The van der Waals surface area contributed by atoms with Gasteiger partial charge in [0.05, 0.1) is 12.7 Å². The van der Waals surface area contributed by atoms with E-state index in [4.69, 9.17) is 4.74 Å². The van der Waals surface area contributed by atoms with E-state index in [9.17, 15) is 5.11 Å².